The minimum absolute atomic E-state index is 0.214. The molecule has 1 aromatic rings. The van der Waals surface area contributed by atoms with Crippen molar-refractivity contribution in [3.63, 3.8) is 0 Å². The molecule has 0 heterocycles. The molecule has 1 aliphatic carbocycles. The van der Waals surface area contributed by atoms with E-state index in [1.807, 2.05) is 37.3 Å². The van der Waals surface area contributed by atoms with Gasteiger partial charge in [-0.2, -0.15) is 0 Å². The van der Waals surface area contributed by atoms with Crippen LogP contribution in [0.25, 0.3) is 0 Å². The van der Waals surface area contributed by atoms with E-state index in [2.05, 4.69) is 18.5 Å². The van der Waals surface area contributed by atoms with Crippen LogP contribution in [0.1, 0.15) is 44.6 Å². The molecule has 0 bridgehead atoms. The van der Waals surface area contributed by atoms with Gasteiger partial charge in [-0.3, -0.25) is 10.3 Å². The van der Waals surface area contributed by atoms with Crippen LogP contribution in [0.2, 0.25) is 5.02 Å². The Hall–Kier alpha value is -1.29. The maximum absolute atomic E-state index is 10.5. The van der Waals surface area contributed by atoms with E-state index in [4.69, 9.17) is 16.4 Å². The Bertz CT molecular complexity index is 537. The molecule has 0 aromatic heterocycles. The maximum Gasteiger partial charge on any atom is 0.0816 e. The lowest BCUT2D eigenvalue weighted by Gasteiger charge is -2.26. The fourth-order valence-electron chi connectivity index (χ4n) is 2.70. The zero-order valence-electron chi connectivity index (χ0n) is 13.2. The molecular weight excluding hydrogens is 298 g/mol. The number of aliphatic hydroxyl groups excluding tert-OH is 1. The summed E-state index contributed by atoms with van der Waals surface area (Å²) in [5.41, 5.74) is 6.06. The van der Waals surface area contributed by atoms with Gasteiger partial charge < -0.3 is 5.11 Å². The lowest BCUT2D eigenvalue weighted by Crippen LogP contribution is -2.24. The topological polar surface area (TPSA) is 41.5 Å². The van der Waals surface area contributed by atoms with Gasteiger partial charge in [0.05, 0.1) is 12.7 Å². The molecule has 0 spiro atoms. The predicted molar refractivity (Wildman–Crippen MR) is 90.7 cm³/mol. The highest BCUT2D eigenvalue weighted by Gasteiger charge is 2.23. The number of hydroxylamine groups is 1. The molecule has 2 unspecified atom stereocenters. The summed E-state index contributed by atoms with van der Waals surface area (Å²) in [7, 11) is 0. The maximum atomic E-state index is 10.5. The highest BCUT2D eigenvalue weighted by atomic mass is 35.5. The van der Waals surface area contributed by atoms with E-state index >= 15 is 0 Å². The monoisotopic (exact) mass is 321 g/mol. The summed E-state index contributed by atoms with van der Waals surface area (Å²) < 4.78 is 0. The highest BCUT2D eigenvalue weighted by Crippen LogP contribution is 2.32. The van der Waals surface area contributed by atoms with Crippen LogP contribution in [0.15, 0.2) is 47.7 Å². The molecule has 1 aliphatic rings. The minimum atomic E-state index is -0.486. The third-order valence-corrected chi connectivity index (χ3v) is 4.08. The van der Waals surface area contributed by atoms with Gasteiger partial charge in [-0.05, 0) is 37.5 Å². The van der Waals surface area contributed by atoms with Gasteiger partial charge in [-0.15, -0.1) is 0 Å². The van der Waals surface area contributed by atoms with Gasteiger partial charge in [0.2, 0.25) is 0 Å². The van der Waals surface area contributed by atoms with Crippen molar-refractivity contribution in [1.29, 1.82) is 0 Å². The van der Waals surface area contributed by atoms with E-state index in [-0.39, 0.29) is 5.92 Å². The number of hydrogen-bond donors (Lipinski definition) is 2. The Labute approximate surface area is 137 Å². The van der Waals surface area contributed by atoms with E-state index in [1.54, 1.807) is 0 Å². The van der Waals surface area contributed by atoms with E-state index in [1.165, 1.54) is 5.56 Å². The Morgan fingerprint density at radius 1 is 1.32 bits per heavy atom. The van der Waals surface area contributed by atoms with Crippen molar-refractivity contribution in [3.05, 3.63) is 58.3 Å². The minimum Gasteiger partial charge on any atom is -0.388 e. The van der Waals surface area contributed by atoms with Gasteiger partial charge in [0.15, 0.2) is 0 Å². The second-order valence-corrected chi connectivity index (χ2v) is 5.92. The van der Waals surface area contributed by atoms with Gasteiger partial charge >= 0.3 is 0 Å². The van der Waals surface area contributed by atoms with Crippen molar-refractivity contribution in [2.75, 3.05) is 6.61 Å². The Morgan fingerprint density at radius 2 is 2.05 bits per heavy atom. The van der Waals surface area contributed by atoms with Crippen molar-refractivity contribution < 1.29 is 9.94 Å². The summed E-state index contributed by atoms with van der Waals surface area (Å²) in [5.74, 6) is 0.214. The summed E-state index contributed by atoms with van der Waals surface area (Å²) in [6.45, 7) is 4.64. The van der Waals surface area contributed by atoms with Crippen LogP contribution in [0.5, 0.6) is 0 Å². The number of halogens is 1. The number of rotatable bonds is 6. The average Bonchev–Trinajstić information content (AvgIpc) is 2.52. The normalized spacial score (nSPS) is 23.5. The largest absolute Gasteiger partial charge is 0.388 e. The fraction of sp³-hybridized carbons (Fsp3) is 0.444. The van der Waals surface area contributed by atoms with Crippen molar-refractivity contribution >= 4 is 11.6 Å². The molecular formula is C18H24ClNO2. The van der Waals surface area contributed by atoms with Crippen LogP contribution in [0.3, 0.4) is 0 Å². The van der Waals surface area contributed by atoms with Crippen molar-refractivity contribution in [2.24, 2.45) is 0 Å². The number of aliphatic hydroxyl groups is 1. The van der Waals surface area contributed by atoms with Crippen molar-refractivity contribution in [1.82, 2.24) is 5.48 Å². The zero-order valence-corrected chi connectivity index (χ0v) is 13.9. The third-order valence-electron chi connectivity index (χ3n) is 3.83. The molecule has 1 aromatic carbocycles. The molecule has 4 heteroatoms. The van der Waals surface area contributed by atoms with Gasteiger partial charge in [0.1, 0.15) is 0 Å². The zero-order chi connectivity index (χ0) is 15.9. The first-order valence-electron chi connectivity index (χ1n) is 7.88. The highest BCUT2D eigenvalue weighted by molar-refractivity contribution is 6.30. The van der Waals surface area contributed by atoms with E-state index in [0.717, 1.165) is 29.1 Å². The number of benzene rings is 1. The first-order chi connectivity index (χ1) is 10.7. The summed E-state index contributed by atoms with van der Waals surface area (Å²) in [4.78, 5) is 5.31. The quantitative estimate of drug-likeness (QED) is 0.766. The van der Waals surface area contributed by atoms with Crippen LogP contribution in [-0.4, -0.2) is 17.8 Å². The van der Waals surface area contributed by atoms with Crippen molar-refractivity contribution in [2.45, 2.75) is 45.1 Å². The first-order valence-corrected chi connectivity index (χ1v) is 8.26. The van der Waals surface area contributed by atoms with Crippen LogP contribution in [0.4, 0.5) is 0 Å². The smallest absolute Gasteiger partial charge is 0.0816 e. The molecule has 0 saturated carbocycles. The molecule has 2 atom stereocenters. The van der Waals surface area contributed by atoms with Crippen LogP contribution in [0, 0.1) is 0 Å². The Balaban J connectivity index is 2.19. The lowest BCUT2D eigenvalue weighted by molar-refractivity contribution is 0.0680. The molecule has 0 aliphatic heterocycles. The molecule has 120 valence electrons. The number of nitrogens with one attached hydrogen (secondary N) is 1. The van der Waals surface area contributed by atoms with Gasteiger partial charge in [-0.1, -0.05) is 49.2 Å². The fourth-order valence-corrected chi connectivity index (χ4v) is 2.83. The lowest BCUT2D eigenvalue weighted by atomic mass is 9.84. The summed E-state index contributed by atoms with van der Waals surface area (Å²) >= 11 is 5.93. The Kier molecular flexibility index (Phi) is 6.49. The molecule has 2 rings (SSSR count). The molecule has 0 radical (unpaired) electrons. The first kappa shape index (κ1) is 17.1. The third kappa shape index (κ3) is 4.35. The molecule has 0 fully saturated rings. The summed E-state index contributed by atoms with van der Waals surface area (Å²) in [6.07, 6.45) is 6.22. The van der Waals surface area contributed by atoms with Crippen LogP contribution < -0.4 is 5.48 Å². The molecule has 0 amide bonds. The number of hydrogen-bond acceptors (Lipinski definition) is 3. The SMILES string of the molecule is CCCC(NOCC)=C1C=CC(c2ccc(Cl)cc2)CC1O. The Morgan fingerprint density at radius 3 is 2.64 bits per heavy atom. The summed E-state index contributed by atoms with van der Waals surface area (Å²) in [5, 5.41) is 11.3. The van der Waals surface area contributed by atoms with Crippen molar-refractivity contribution in [3.8, 4) is 0 Å². The van der Waals surface area contributed by atoms with E-state index < -0.39 is 6.10 Å². The average molecular weight is 322 g/mol. The van der Waals surface area contributed by atoms with Crippen LogP contribution >= 0.6 is 11.6 Å². The van der Waals surface area contributed by atoms with Gasteiger partial charge in [0.25, 0.3) is 0 Å². The van der Waals surface area contributed by atoms with Gasteiger partial charge in [0, 0.05) is 22.2 Å². The van der Waals surface area contributed by atoms with E-state index in [9.17, 15) is 5.11 Å². The predicted octanol–water partition coefficient (Wildman–Crippen LogP) is 4.34. The number of allylic oxidation sites excluding steroid dienone is 2. The van der Waals surface area contributed by atoms with Crippen LogP contribution in [-0.2, 0) is 4.84 Å². The molecule has 22 heavy (non-hydrogen) atoms. The van der Waals surface area contributed by atoms with E-state index in [0.29, 0.717) is 13.0 Å². The second-order valence-electron chi connectivity index (χ2n) is 5.49. The molecule has 3 nitrogen and oxygen atoms in total. The second kappa shape index (κ2) is 8.37. The van der Waals surface area contributed by atoms with Gasteiger partial charge in [-0.25, -0.2) is 0 Å². The standard InChI is InChI=1S/C18H24ClNO2/c1-3-5-17(20-22-4-2)16-11-8-14(12-18(16)21)13-6-9-15(19)10-7-13/h6-11,14,18,20-21H,3-5,12H2,1-2H3. The molecule has 0 saturated heterocycles. The molecule has 2 N–H and O–H groups in total. The summed E-state index contributed by atoms with van der Waals surface area (Å²) in [6, 6.07) is 7.82.